The van der Waals surface area contributed by atoms with Gasteiger partial charge in [-0.2, -0.15) is 11.8 Å². The van der Waals surface area contributed by atoms with E-state index in [1.54, 1.807) is 11.8 Å². The minimum Gasteiger partial charge on any atom is -0.376 e. The number of benzene rings is 1. The maximum Gasteiger partial charge on any atom is 0.200 e. The first-order valence-corrected chi connectivity index (χ1v) is 7.41. The van der Waals surface area contributed by atoms with Crippen LogP contribution in [0, 0.1) is 29.1 Å². The zero-order chi connectivity index (χ0) is 14.9. The Morgan fingerprint density at radius 3 is 2.05 bits per heavy atom. The number of hydrogen-bond donors (Lipinski definition) is 1. The molecule has 0 bridgehead atoms. The molecule has 1 fully saturated rings. The Kier molecular flexibility index (Phi) is 4.78. The second-order valence-corrected chi connectivity index (χ2v) is 6.14. The first kappa shape index (κ1) is 15.4. The molecule has 1 nitrogen and oxygen atoms in total. The molecule has 1 N–H and O–H groups in total. The normalized spacial score (nSPS) is 22.3. The number of anilines is 1. The van der Waals surface area contributed by atoms with Crippen LogP contribution in [-0.4, -0.2) is 17.0 Å². The minimum atomic E-state index is -2.13. The summed E-state index contributed by atoms with van der Waals surface area (Å²) in [6, 6.07) is -0.284. The summed E-state index contributed by atoms with van der Waals surface area (Å²) >= 11 is 1.62. The molecule has 0 aliphatic heterocycles. The van der Waals surface area contributed by atoms with E-state index in [0.717, 1.165) is 18.6 Å². The molecule has 0 heterocycles. The summed E-state index contributed by atoms with van der Waals surface area (Å²) in [4.78, 5) is 0. The van der Waals surface area contributed by atoms with Gasteiger partial charge in [0.2, 0.25) is 5.82 Å². The lowest BCUT2D eigenvalue weighted by atomic mass is 10.2. The van der Waals surface area contributed by atoms with Crippen LogP contribution < -0.4 is 5.32 Å². The molecule has 0 spiro atoms. The van der Waals surface area contributed by atoms with Crippen LogP contribution in [0.5, 0.6) is 0 Å². The first-order valence-electron chi connectivity index (χ1n) is 6.36. The molecule has 1 aromatic rings. The smallest absolute Gasteiger partial charge is 0.200 e. The summed E-state index contributed by atoms with van der Waals surface area (Å²) in [5, 5.41) is 2.62. The maximum atomic E-state index is 13.6. The molecule has 112 valence electrons. The molecule has 0 radical (unpaired) electrons. The monoisotopic (exact) mass is 311 g/mol. The third kappa shape index (κ3) is 2.73. The Bertz CT molecular complexity index is 479. The fourth-order valence-corrected chi connectivity index (χ4v) is 3.62. The van der Waals surface area contributed by atoms with Crippen molar-refractivity contribution in [1.82, 2.24) is 0 Å². The SMILES string of the molecule is CCSC1CCCC1Nc1c(F)c(F)c(F)c(F)c1F. The van der Waals surface area contributed by atoms with Crippen molar-refractivity contribution in [3.05, 3.63) is 29.1 Å². The van der Waals surface area contributed by atoms with Gasteiger partial charge in [-0.1, -0.05) is 13.3 Å². The van der Waals surface area contributed by atoms with E-state index in [9.17, 15) is 22.0 Å². The zero-order valence-corrected chi connectivity index (χ0v) is 11.6. The number of nitrogens with one attached hydrogen (secondary N) is 1. The lowest BCUT2D eigenvalue weighted by Gasteiger charge is -2.22. The van der Waals surface area contributed by atoms with Gasteiger partial charge in [-0.05, 0) is 18.6 Å². The van der Waals surface area contributed by atoms with Crippen molar-refractivity contribution in [2.24, 2.45) is 0 Å². The van der Waals surface area contributed by atoms with Gasteiger partial charge in [0, 0.05) is 11.3 Å². The van der Waals surface area contributed by atoms with Gasteiger partial charge in [-0.15, -0.1) is 0 Å². The highest BCUT2D eigenvalue weighted by atomic mass is 32.2. The fraction of sp³-hybridized carbons (Fsp3) is 0.538. The average molecular weight is 311 g/mol. The van der Waals surface area contributed by atoms with E-state index >= 15 is 0 Å². The van der Waals surface area contributed by atoms with Crippen molar-refractivity contribution in [2.45, 2.75) is 37.5 Å². The van der Waals surface area contributed by atoms with Crippen molar-refractivity contribution in [1.29, 1.82) is 0 Å². The Morgan fingerprint density at radius 2 is 1.50 bits per heavy atom. The van der Waals surface area contributed by atoms with Crippen molar-refractivity contribution in [3.63, 3.8) is 0 Å². The van der Waals surface area contributed by atoms with Crippen molar-refractivity contribution in [3.8, 4) is 0 Å². The molecule has 0 amide bonds. The van der Waals surface area contributed by atoms with Crippen LogP contribution in [0.2, 0.25) is 0 Å². The van der Waals surface area contributed by atoms with E-state index in [-0.39, 0.29) is 11.3 Å². The van der Waals surface area contributed by atoms with Crippen LogP contribution >= 0.6 is 11.8 Å². The first-order chi connectivity index (χ1) is 9.47. The molecular formula is C13H14F5NS. The second kappa shape index (κ2) is 6.20. The van der Waals surface area contributed by atoms with Crippen LogP contribution in [-0.2, 0) is 0 Å². The van der Waals surface area contributed by atoms with Crippen LogP contribution in [0.25, 0.3) is 0 Å². The molecule has 1 aliphatic rings. The Labute approximate surface area is 117 Å². The summed E-state index contributed by atoms with van der Waals surface area (Å²) in [6.07, 6.45) is 2.38. The second-order valence-electron chi connectivity index (χ2n) is 4.62. The highest BCUT2D eigenvalue weighted by Crippen LogP contribution is 2.34. The van der Waals surface area contributed by atoms with Gasteiger partial charge >= 0.3 is 0 Å². The summed E-state index contributed by atoms with van der Waals surface area (Å²) in [5.74, 6) is -8.72. The molecule has 1 saturated carbocycles. The summed E-state index contributed by atoms with van der Waals surface area (Å²) in [7, 11) is 0. The van der Waals surface area contributed by atoms with Gasteiger partial charge in [-0.3, -0.25) is 0 Å². The highest BCUT2D eigenvalue weighted by molar-refractivity contribution is 7.99. The molecule has 0 saturated heterocycles. The van der Waals surface area contributed by atoms with Crippen LogP contribution in [0.3, 0.4) is 0 Å². The molecule has 1 aliphatic carbocycles. The molecule has 1 aromatic carbocycles. The Balaban J connectivity index is 2.30. The molecule has 7 heteroatoms. The quantitative estimate of drug-likeness (QED) is 0.500. The van der Waals surface area contributed by atoms with Gasteiger partial charge < -0.3 is 5.32 Å². The summed E-state index contributed by atoms with van der Waals surface area (Å²) in [6.45, 7) is 1.96. The van der Waals surface area contributed by atoms with Crippen LogP contribution in [0.4, 0.5) is 27.6 Å². The van der Waals surface area contributed by atoms with Crippen LogP contribution in [0.1, 0.15) is 26.2 Å². The summed E-state index contributed by atoms with van der Waals surface area (Å²) < 4.78 is 66.3. The summed E-state index contributed by atoms with van der Waals surface area (Å²) in [5.41, 5.74) is -0.921. The van der Waals surface area contributed by atoms with E-state index in [1.165, 1.54) is 0 Å². The third-order valence-corrected chi connectivity index (χ3v) is 4.70. The molecule has 20 heavy (non-hydrogen) atoms. The number of rotatable bonds is 4. The van der Waals surface area contributed by atoms with Crippen molar-refractivity contribution in [2.75, 3.05) is 11.1 Å². The number of hydrogen-bond acceptors (Lipinski definition) is 2. The topological polar surface area (TPSA) is 12.0 Å². The molecule has 2 rings (SSSR count). The standard InChI is InChI=1S/C13H14F5NS/c1-2-20-7-5-3-4-6(7)19-13-11(17)9(15)8(14)10(16)12(13)18/h6-7,19H,2-5H2,1H3. The lowest BCUT2D eigenvalue weighted by Crippen LogP contribution is -2.28. The van der Waals surface area contributed by atoms with E-state index in [2.05, 4.69) is 5.32 Å². The van der Waals surface area contributed by atoms with E-state index in [1.807, 2.05) is 6.92 Å². The van der Waals surface area contributed by atoms with Crippen molar-refractivity contribution < 1.29 is 22.0 Å². The number of thioether (sulfide) groups is 1. The van der Waals surface area contributed by atoms with E-state index in [4.69, 9.17) is 0 Å². The molecule has 0 aromatic heterocycles. The largest absolute Gasteiger partial charge is 0.376 e. The van der Waals surface area contributed by atoms with Crippen LogP contribution in [0.15, 0.2) is 0 Å². The van der Waals surface area contributed by atoms with Gasteiger partial charge in [0.05, 0.1) is 0 Å². The van der Waals surface area contributed by atoms with Gasteiger partial charge in [0.15, 0.2) is 23.3 Å². The predicted octanol–water partition coefficient (Wildman–Crippen LogP) is 4.47. The minimum absolute atomic E-state index is 0.120. The third-order valence-electron chi connectivity index (χ3n) is 3.37. The Hall–Kier alpha value is -0.980. The van der Waals surface area contributed by atoms with E-state index in [0.29, 0.717) is 6.42 Å². The lowest BCUT2D eigenvalue weighted by molar-refractivity contribution is 0.380. The van der Waals surface area contributed by atoms with E-state index < -0.39 is 34.8 Å². The predicted molar refractivity (Wildman–Crippen MR) is 69.4 cm³/mol. The zero-order valence-electron chi connectivity index (χ0n) is 10.8. The number of halogens is 5. The molecule has 2 atom stereocenters. The maximum absolute atomic E-state index is 13.6. The molecular weight excluding hydrogens is 297 g/mol. The van der Waals surface area contributed by atoms with Crippen molar-refractivity contribution >= 4 is 17.4 Å². The van der Waals surface area contributed by atoms with Gasteiger partial charge in [0.25, 0.3) is 0 Å². The highest BCUT2D eigenvalue weighted by Gasteiger charge is 2.31. The molecule has 2 unspecified atom stereocenters. The Morgan fingerprint density at radius 1 is 0.950 bits per heavy atom. The fourth-order valence-electron chi connectivity index (χ4n) is 2.42. The van der Waals surface area contributed by atoms with Gasteiger partial charge in [-0.25, -0.2) is 22.0 Å². The van der Waals surface area contributed by atoms with Gasteiger partial charge in [0.1, 0.15) is 5.69 Å². The average Bonchev–Trinajstić information content (AvgIpc) is 2.87.